The zero-order valence-electron chi connectivity index (χ0n) is 20.0. The van der Waals surface area contributed by atoms with Crippen molar-refractivity contribution >= 4 is 21.8 Å². The Balaban J connectivity index is 1.16. The Labute approximate surface area is 202 Å². The fraction of sp³-hybridized carbons (Fsp3) is 0.290. The minimum Gasteiger partial charge on any atom is -0.494 e. The number of unbranched alkanes of at least 4 members (excludes halogenated alkanes) is 2. The van der Waals surface area contributed by atoms with E-state index in [1.165, 1.54) is 37.7 Å². The molecule has 2 heterocycles. The first kappa shape index (κ1) is 22.3. The van der Waals surface area contributed by atoms with Gasteiger partial charge in [0.2, 0.25) is 0 Å². The van der Waals surface area contributed by atoms with Crippen molar-refractivity contribution in [3.63, 3.8) is 0 Å². The van der Waals surface area contributed by atoms with E-state index in [0.29, 0.717) is 5.92 Å². The van der Waals surface area contributed by atoms with Gasteiger partial charge in [-0.15, -0.1) is 0 Å². The van der Waals surface area contributed by atoms with Gasteiger partial charge in [0.05, 0.1) is 23.3 Å². The second-order valence-electron chi connectivity index (χ2n) is 9.21. The lowest BCUT2D eigenvalue weighted by atomic mass is 9.93. The van der Waals surface area contributed by atoms with Gasteiger partial charge in [0.25, 0.3) is 0 Å². The summed E-state index contributed by atoms with van der Waals surface area (Å²) >= 11 is 0. The van der Waals surface area contributed by atoms with Crippen molar-refractivity contribution in [2.45, 2.75) is 45.4 Å². The summed E-state index contributed by atoms with van der Waals surface area (Å²) in [5, 5.41) is 2.22. The zero-order valence-corrected chi connectivity index (χ0v) is 20.0. The van der Waals surface area contributed by atoms with Crippen LogP contribution in [0.1, 0.15) is 45.4 Å². The Kier molecular flexibility index (Phi) is 6.71. The van der Waals surface area contributed by atoms with Crippen molar-refractivity contribution in [2.75, 3.05) is 6.61 Å². The molecular formula is C31H32N2O. The second kappa shape index (κ2) is 10.2. The number of nitrogens with zero attached hydrogens (tertiary/aromatic N) is 2. The molecule has 172 valence electrons. The normalized spacial score (nSPS) is 17.1. The molecule has 0 radical (unpaired) electrons. The zero-order chi connectivity index (χ0) is 23.3. The van der Waals surface area contributed by atoms with E-state index in [0.717, 1.165) is 51.8 Å². The van der Waals surface area contributed by atoms with Crippen LogP contribution in [0.2, 0.25) is 0 Å². The van der Waals surface area contributed by atoms with E-state index in [1.54, 1.807) is 5.57 Å². The van der Waals surface area contributed by atoms with Crippen molar-refractivity contribution in [1.82, 2.24) is 9.97 Å². The van der Waals surface area contributed by atoms with Crippen LogP contribution in [0.15, 0.2) is 90.7 Å². The Hall–Kier alpha value is -3.46. The van der Waals surface area contributed by atoms with Gasteiger partial charge in [-0.05, 0) is 69.0 Å². The van der Waals surface area contributed by atoms with Gasteiger partial charge in [-0.1, -0.05) is 60.9 Å². The van der Waals surface area contributed by atoms with Crippen molar-refractivity contribution in [3.05, 3.63) is 90.7 Å². The summed E-state index contributed by atoms with van der Waals surface area (Å²) in [7, 11) is 0. The van der Waals surface area contributed by atoms with E-state index in [-0.39, 0.29) is 0 Å². The van der Waals surface area contributed by atoms with Gasteiger partial charge in [-0.3, -0.25) is 4.98 Å². The van der Waals surface area contributed by atoms with E-state index in [9.17, 15) is 0 Å². The van der Waals surface area contributed by atoms with E-state index < -0.39 is 0 Å². The number of rotatable bonds is 8. The molecule has 1 fully saturated rings. The standard InChI is InChI=1S/C31H32N2O/c1-3-23-11-10-22(2)28(23)9-5-4-6-21-34-27-17-14-24(15-18-27)29-19-16-26-13-12-25-8-7-20-32-30(25)31(26)33-29/h3,7-8,12-20,28H,2,4-6,9-11,21H2,1H3/b23-3+. The van der Waals surface area contributed by atoms with E-state index >= 15 is 0 Å². The van der Waals surface area contributed by atoms with Gasteiger partial charge in [0.15, 0.2) is 0 Å². The van der Waals surface area contributed by atoms with Crippen LogP contribution in [0.25, 0.3) is 33.1 Å². The second-order valence-corrected chi connectivity index (χ2v) is 9.21. The predicted molar refractivity (Wildman–Crippen MR) is 142 cm³/mol. The Morgan fingerprint density at radius 2 is 1.71 bits per heavy atom. The third-order valence-corrected chi connectivity index (χ3v) is 7.03. The molecule has 1 saturated carbocycles. The molecule has 0 aliphatic heterocycles. The topological polar surface area (TPSA) is 35.0 Å². The van der Waals surface area contributed by atoms with E-state index in [4.69, 9.17) is 9.72 Å². The minimum atomic E-state index is 0.621. The Morgan fingerprint density at radius 3 is 2.53 bits per heavy atom. The molecule has 2 aromatic heterocycles. The molecule has 1 unspecified atom stereocenters. The van der Waals surface area contributed by atoms with Crippen molar-refractivity contribution in [2.24, 2.45) is 5.92 Å². The van der Waals surface area contributed by atoms with Crippen LogP contribution in [-0.4, -0.2) is 16.6 Å². The van der Waals surface area contributed by atoms with Crippen molar-refractivity contribution in [1.29, 1.82) is 0 Å². The van der Waals surface area contributed by atoms with E-state index in [1.807, 2.05) is 24.4 Å². The lowest BCUT2D eigenvalue weighted by Gasteiger charge is -2.13. The molecule has 0 spiro atoms. The Bertz CT molecular complexity index is 1340. The van der Waals surface area contributed by atoms with Gasteiger partial charge in [0, 0.05) is 28.5 Å². The maximum absolute atomic E-state index is 6.00. The van der Waals surface area contributed by atoms with Gasteiger partial charge >= 0.3 is 0 Å². The minimum absolute atomic E-state index is 0.621. The molecule has 1 atom stereocenters. The molecule has 5 rings (SSSR count). The van der Waals surface area contributed by atoms with Gasteiger partial charge in [-0.25, -0.2) is 4.98 Å². The summed E-state index contributed by atoms with van der Waals surface area (Å²) in [6, 6.07) is 20.7. The lowest BCUT2D eigenvalue weighted by Crippen LogP contribution is -2.01. The molecule has 0 saturated heterocycles. The highest BCUT2D eigenvalue weighted by Crippen LogP contribution is 2.38. The van der Waals surface area contributed by atoms with Crippen LogP contribution in [0, 0.1) is 5.92 Å². The van der Waals surface area contributed by atoms with Crippen LogP contribution in [0.3, 0.4) is 0 Å². The summed E-state index contributed by atoms with van der Waals surface area (Å²) in [6.07, 6.45) is 11.2. The largest absolute Gasteiger partial charge is 0.494 e. The van der Waals surface area contributed by atoms with Crippen molar-refractivity contribution < 1.29 is 4.74 Å². The van der Waals surface area contributed by atoms with Gasteiger partial charge in [-0.2, -0.15) is 0 Å². The molecule has 34 heavy (non-hydrogen) atoms. The fourth-order valence-electron chi connectivity index (χ4n) is 5.07. The number of fused-ring (bicyclic) bond motifs is 3. The SMILES string of the molecule is C=C1CC/C(=C\C)C1CCCCCOc1ccc(-c2ccc3ccc4cccnc4c3n2)cc1. The summed E-state index contributed by atoms with van der Waals surface area (Å²) in [4.78, 5) is 9.49. The molecule has 0 bridgehead atoms. The Morgan fingerprint density at radius 1 is 0.912 bits per heavy atom. The quantitative estimate of drug-likeness (QED) is 0.154. The number of allylic oxidation sites excluding steroid dienone is 3. The monoisotopic (exact) mass is 448 g/mol. The summed E-state index contributed by atoms with van der Waals surface area (Å²) in [5.41, 5.74) is 6.94. The van der Waals surface area contributed by atoms with Gasteiger partial charge in [0.1, 0.15) is 5.75 Å². The molecule has 0 N–H and O–H groups in total. The molecule has 0 amide bonds. The first-order valence-electron chi connectivity index (χ1n) is 12.4. The highest BCUT2D eigenvalue weighted by atomic mass is 16.5. The predicted octanol–water partition coefficient (Wildman–Crippen LogP) is 8.30. The number of hydrogen-bond donors (Lipinski definition) is 0. The summed E-state index contributed by atoms with van der Waals surface area (Å²) < 4.78 is 6.00. The molecular weight excluding hydrogens is 416 g/mol. The third kappa shape index (κ3) is 4.75. The van der Waals surface area contributed by atoms with E-state index in [2.05, 4.69) is 67.0 Å². The highest BCUT2D eigenvalue weighted by Gasteiger charge is 2.22. The molecule has 3 nitrogen and oxygen atoms in total. The van der Waals surface area contributed by atoms with Crippen LogP contribution in [-0.2, 0) is 0 Å². The smallest absolute Gasteiger partial charge is 0.119 e. The third-order valence-electron chi connectivity index (χ3n) is 7.03. The maximum Gasteiger partial charge on any atom is 0.119 e. The number of hydrogen-bond acceptors (Lipinski definition) is 3. The van der Waals surface area contributed by atoms with Crippen LogP contribution in [0.5, 0.6) is 5.75 Å². The number of aromatic nitrogens is 2. The summed E-state index contributed by atoms with van der Waals surface area (Å²) in [6.45, 7) is 7.19. The first-order chi connectivity index (χ1) is 16.7. The number of ether oxygens (including phenoxy) is 1. The van der Waals surface area contributed by atoms with Crippen LogP contribution < -0.4 is 4.74 Å². The molecule has 3 heteroatoms. The highest BCUT2D eigenvalue weighted by molar-refractivity contribution is 6.03. The van der Waals surface area contributed by atoms with Crippen LogP contribution >= 0.6 is 0 Å². The number of pyridine rings is 2. The number of benzene rings is 2. The maximum atomic E-state index is 6.00. The molecule has 2 aromatic carbocycles. The fourth-order valence-corrected chi connectivity index (χ4v) is 5.07. The molecule has 1 aliphatic rings. The summed E-state index contributed by atoms with van der Waals surface area (Å²) in [5.74, 6) is 1.54. The average Bonchev–Trinajstić information content (AvgIpc) is 3.25. The van der Waals surface area contributed by atoms with Crippen molar-refractivity contribution in [3.8, 4) is 17.0 Å². The molecule has 1 aliphatic carbocycles. The lowest BCUT2D eigenvalue weighted by molar-refractivity contribution is 0.304. The average molecular weight is 449 g/mol. The van der Waals surface area contributed by atoms with Gasteiger partial charge < -0.3 is 4.74 Å². The van der Waals surface area contributed by atoms with Crippen LogP contribution in [0.4, 0.5) is 0 Å². The molecule has 4 aromatic rings. The first-order valence-corrected chi connectivity index (χ1v) is 12.4.